The highest BCUT2D eigenvalue weighted by atomic mass is 14.9. The molecule has 1 radical (unpaired) electrons. The number of hydrogen-bond donors (Lipinski definition) is 0. The maximum Gasteiger partial charge on any atom is 0.0722 e. The van der Waals surface area contributed by atoms with Crippen LogP contribution in [0.2, 0.25) is 0 Å². The molecule has 0 fully saturated rings. The lowest BCUT2D eigenvalue weighted by Crippen LogP contribution is -1.94. The third-order valence-corrected chi connectivity index (χ3v) is 7.73. The largest absolute Gasteiger partial charge is 0.248 e. The van der Waals surface area contributed by atoms with Gasteiger partial charge in [-0.2, -0.15) is 0 Å². The molecule has 0 saturated carbocycles. The molecule has 0 saturated heterocycles. The molecule has 0 aliphatic heterocycles. The van der Waals surface area contributed by atoms with Crippen molar-refractivity contribution in [2.75, 3.05) is 0 Å². The van der Waals surface area contributed by atoms with Gasteiger partial charge in [0.05, 0.1) is 11.4 Å². The first kappa shape index (κ1) is 20.3. The predicted molar refractivity (Wildman–Crippen MR) is 159 cm³/mol. The fraction of sp³-hybridized carbons (Fsp3) is 0. The molecule has 0 amide bonds. The molecule has 0 heterocycles. The summed E-state index contributed by atoms with van der Waals surface area (Å²) in [6.45, 7) is 0. The minimum atomic E-state index is 1.00. The van der Waals surface area contributed by atoms with Crippen LogP contribution in [0.25, 0.3) is 64.6 Å². The summed E-state index contributed by atoms with van der Waals surface area (Å²) in [7, 11) is 0. The first-order chi connectivity index (χ1) is 18.4. The molecule has 1 nitrogen and oxygen atoms in total. The van der Waals surface area contributed by atoms with Gasteiger partial charge in [-0.05, 0) is 66.0 Å². The molecule has 0 unspecified atom stereocenters. The van der Waals surface area contributed by atoms with Crippen LogP contribution in [0.4, 0.5) is 11.4 Å². The highest BCUT2D eigenvalue weighted by Gasteiger charge is 2.15. The Labute approximate surface area is 214 Å². The summed E-state index contributed by atoms with van der Waals surface area (Å²) >= 11 is 0. The summed E-state index contributed by atoms with van der Waals surface area (Å²) in [6.07, 6.45) is 0. The second-order valence-electron chi connectivity index (χ2n) is 9.69. The van der Waals surface area contributed by atoms with Crippen LogP contribution in [-0.4, -0.2) is 0 Å². The van der Waals surface area contributed by atoms with Crippen molar-refractivity contribution in [1.29, 1.82) is 0 Å². The van der Waals surface area contributed by atoms with E-state index in [1.165, 1.54) is 64.6 Å². The van der Waals surface area contributed by atoms with Gasteiger partial charge >= 0.3 is 0 Å². The fourth-order valence-corrected chi connectivity index (χ4v) is 6.19. The van der Waals surface area contributed by atoms with E-state index in [4.69, 9.17) is 5.32 Å². The van der Waals surface area contributed by atoms with E-state index in [0.29, 0.717) is 0 Å². The molecule has 0 N–H and O–H groups in total. The molecule has 0 atom stereocenters. The predicted octanol–water partition coefficient (Wildman–Crippen LogP) is 10.2. The molecule has 37 heavy (non-hydrogen) atoms. The molecular formula is C36H22N. The zero-order valence-electron chi connectivity index (χ0n) is 20.1. The van der Waals surface area contributed by atoms with Crippen molar-refractivity contribution in [3.8, 4) is 0 Å². The minimum Gasteiger partial charge on any atom is -0.248 e. The van der Waals surface area contributed by atoms with E-state index in [1.807, 2.05) is 0 Å². The molecule has 0 bridgehead atoms. The van der Waals surface area contributed by atoms with Crippen LogP contribution >= 0.6 is 0 Å². The molecule has 0 aliphatic rings. The van der Waals surface area contributed by atoms with E-state index < -0.39 is 0 Å². The summed E-state index contributed by atoms with van der Waals surface area (Å²) < 4.78 is 0. The zero-order valence-corrected chi connectivity index (χ0v) is 20.1. The van der Waals surface area contributed by atoms with Gasteiger partial charge in [-0.3, -0.25) is 0 Å². The molecular weight excluding hydrogens is 446 g/mol. The van der Waals surface area contributed by atoms with E-state index in [-0.39, 0.29) is 0 Å². The molecule has 0 aliphatic carbocycles. The van der Waals surface area contributed by atoms with Gasteiger partial charge in [0.1, 0.15) is 0 Å². The average molecular weight is 469 g/mol. The Morgan fingerprint density at radius 1 is 0.243 bits per heavy atom. The van der Waals surface area contributed by atoms with Gasteiger partial charge in [0.2, 0.25) is 0 Å². The Balaban J connectivity index is 1.48. The molecule has 0 spiro atoms. The van der Waals surface area contributed by atoms with Crippen molar-refractivity contribution in [3.63, 3.8) is 0 Å². The van der Waals surface area contributed by atoms with Crippen molar-refractivity contribution in [2.24, 2.45) is 0 Å². The number of benzene rings is 8. The highest BCUT2D eigenvalue weighted by Crippen LogP contribution is 2.43. The third kappa shape index (κ3) is 2.92. The minimum absolute atomic E-state index is 1.00. The SMILES string of the molecule is c1ccc2c(c1)c1ccccc1c1c([N]c3cccc4c5ccccc5c5ccccc5c34)cccc21. The second kappa shape index (κ2) is 7.81. The normalized spacial score (nSPS) is 11.8. The maximum absolute atomic E-state index is 5.41. The molecule has 8 aromatic carbocycles. The summed E-state index contributed by atoms with van der Waals surface area (Å²) in [5.74, 6) is 0. The van der Waals surface area contributed by atoms with Crippen molar-refractivity contribution in [2.45, 2.75) is 0 Å². The van der Waals surface area contributed by atoms with Crippen LogP contribution in [-0.2, 0) is 0 Å². The van der Waals surface area contributed by atoms with Crippen LogP contribution < -0.4 is 5.32 Å². The van der Waals surface area contributed by atoms with Crippen molar-refractivity contribution < 1.29 is 0 Å². The maximum atomic E-state index is 5.41. The van der Waals surface area contributed by atoms with Gasteiger partial charge in [-0.15, -0.1) is 0 Å². The number of hydrogen-bond acceptors (Lipinski definition) is 0. The molecule has 0 aromatic heterocycles. The van der Waals surface area contributed by atoms with Gasteiger partial charge in [0.15, 0.2) is 0 Å². The smallest absolute Gasteiger partial charge is 0.0722 e. The van der Waals surface area contributed by atoms with Gasteiger partial charge < -0.3 is 0 Å². The Kier molecular flexibility index (Phi) is 4.29. The highest BCUT2D eigenvalue weighted by molar-refractivity contribution is 6.30. The van der Waals surface area contributed by atoms with Crippen molar-refractivity contribution in [1.82, 2.24) is 5.32 Å². The summed E-state index contributed by atoms with van der Waals surface area (Å²) in [4.78, 5) is 0. The lowest BCUT2D eigenvalue weighted by molar-refractivity contribution is 1.22. The van der Waals surface area contributed by atoms with Gasteiger partial charge in [0.25, 0.3) is 0 Å². The van der Waals surface area contributed by atoms with Crippen LogP contribution in [0.1, 0.15) is 0 Å². The van der Waals surface area contributed by atoms with E-state index >= 15 is 0 Å². The average Bonchev–Trinajstić information content (AvgIpc) is 2.97. The summed E-state index contributed by atoms with van der Waals surface area (Å²) in [5, 5.41) is 20.4. The Morgan fingerprint density at radius 3 is 0.811 bits per heavy atom. The zero-order chi connectivity index (χ0) is 24.3. The quantitative estimate of drug-likeness (QED) is 0.224. The molecule has 171 valence electrons. The van der Waals surface area contributed by atoms with Gasteiger partial charge in [-0.25, -0.2) is 5.32 Å². The first-order valence-electron chi connectivity index (χ1n) is 12.7. The van der Waals surface area contributed by atoms with Crippen molar-refractivity contribution >= 4 is 76.0 Å². The number of nitrogens with zero attached hydrogens (tertiary/aromatic N) is 1. The van der Waals surface area contributed by atoms with Crippen LogP contribution in [0, 0.1) is 0 Å². The van der Waals surface area contributed by atoms with Crippen LogP contribution in [0.3, 0.4) is 0 Å². The fourth-order valence-electron chi connectivity index (χ4n) is 6.19. The molecule has 8 rings (SSSR count). The molecule has 8 aromatic rings. The van der Waals surface area contributed by atoms with Gasteiger partial charge in [-0.1, -0.05) is 121 Å². The van der Waals surface area contributed by atoms with E-state index in [2.05, 4.69) is 133 Å². The van der Waals surface area contributed by atoms with E-state index in [9.17, 15) is 0 Å². The molecule has 1 heteroatoms. The lowest BCUT2D eigenvalue weighted by atomic mass is 9.92. The monoisotopic (exact) mass is 468 g/mol. The van der Waals surface area contributed by atoms with Gasteiger partial charge in [0, 0.05) is 10.8 Å². The van der Waals surface area contributed by atoms with Crippen LogP contribution in [0.5, 0.6) is 0 Å². The summed E-state index contributed by atoms with van der Waals surface area (Å²) in [6, 6.07) is 47.9. The third-order valence-electron chi connectivity index (χ3n) is 7.73. The standard InChI is InChI=1S/C36H22N/c1-3-13-27-23(11-1)25-15-5-7-17-29(25)35-31(27)19-9-21-33(35)37-34-22-10-20-32-28-14-4-2-12-24(28)26-16-6-8-18-30(26)36(32)34/h1-22H. The number of rotatable bonds is 2. The first-order valence-corrected chi connectivity index (χ1v) is 12.7. The van der Waals surface area contributed by atoms with E-state index in [0.717, 1.165) is 11.4 Å². The van der Waals surface area contributed by atoms with E-state index in [1.54, 1.807) is 0 Å². The summed E-state index contributed by atoms with van der Waals surface area (Å²) in [5.41, 5.74) is 2.01. The number of fused-ring (bicyclic) bond motifs is 12. The Hall–Kier alpha value is -4.88. The Bertz CT molecular complexity index is 1920. The lowest BCUT2D eigenvalue weighted by Gasteiger charge is -2.16. The van der Waals surface area contributed by atoms with Crippen molar-refractivity contribution in [3.05, 3.63) is 133 Å². The Morgan fingerprint density at radius 2 is 0.486 bits per heavy atom. The van der Waals surface area contributed by atoms with Crippen LogP contribution in [0.15, 0.2) is 133 Å². The second-order valence-corrected chi connectivity index (χ2v) is 9.69. The topological polar surface area (TPSA) is 14.1 Å².